The molecule has 0 saturated carbocycles. The Morgan fingerprint density at radius 1 is 1.42 bits per heavy atom. The van der Waals surface area contributed by atoms with Gasteiger partial charge in [-0.15, -0.1) is 0 Å². The topological polar surface area (TPSA) is 38.3 Å². The molecule has 0 bridgehead atoms. The van der Waals surface area contributed by atoms with Gasteiger partial charge in [-0.25, -0.2) is 9.18 Å². The Morgan fingerprint density at radius 3 is 2.58 bits per heavy atom. The van der Waals surface area contributed by atoms with E-state index in [-0.39, 0.29) is 5.56 Å². The summed E-state index contributed by atoms with van der Waals surface area (Å²) >= 11 is 0. The molecule has 4 heteroatoms. The van der Waals surface area contributed by atoms with E-state index in [1.54, 1.807) is 6.07 Å². The maximum atomic E-state index is 13.7. The highest BCUT2D eigenvalue weighted by molar-refractivity contribution is 5.89. The van der Waals surface area contributed by atoms with E-state index in [1.807, 2.05) is 0 Å². The average molecular weight is 267 g/mol. The van der Waals surface area contributed by atoms with Gasteiger partial charge in [0.15, 0.2) is 0 Å². The molecule has 0 spiro atoms. The Morgan fingerprint density at radius 2 is 2.11 bits per heavy atom. The number of carbonyl (C=O) groups is 1. The molecule has 1 aromatic carbocycles. The predicted molar refractivity (Wildman–Crippen MR) is 73.5 cm³/mol. The number of hydrogen-bond donors (Lipinski definition) is 1. The second kappa shape index (κ2) is 7.24. The van der Waals surface area contributed by atoms with E-state index >= 15 is 0 Å². The van der Waals surface area contributed by atoms with Gasteiger partial charge in [-0.05, 0) is 30.0 Å². The van der Waals surface area contributed by atoms with Crippen molar-refractivity contribution in [2.24, 2.45) is 5.92 Å². The van der Waals surface area contributed by atoms with Gasteiger partial charge in [0.1, 0.15) is 5.82 Å². The van der Waals surface area contributed by atoms with Crippen LogP contribution in [0, 0.1) is 11.7 Å². The highest BCUT2D eigenvalue weighted by Crippen LogP contribution is 2.13. The molecule has 0 saturated heterocycles. The van der Waals surface area contributed by atoms with Gasteiger partial charge in [0.25, 0.3) is 0 Å². The fraction of sp³-hybridized carbons (Fsp3) is 0.533. The second-order valence-corrected chi connectivity index (χ2v) is 4.95. The van der Waals surface area contributed by atoms with Crippen molar-refractivity contribution in [3.8, 4) is 0 Å². The molecule has 106 valence electrons. The van der Waals surface area contributed by atoms with Crippen LogP contribution in [-0.4, -0.2) is 19.1 Å². The monoisotopic (exact) mass is 267 g/mol. The van der Waals surface area contributed by atoms with Crippen molar-refractivity contribution < 1.29 is 13.9 Å². The molecule has 0 aliphatic heterocycles. The Bertz CT molecular complexity index is 432. The number of esters is 1. The van der Waals surface area contributed by atoms with Crippen LogP contribution in [0.5, 0.6) is 0 Å². The number of hydrogen-bond acceptors (Lipinski definition) is 3. The van der Waals surface area contributed by atoms with Gasteiger partial charge in [-0.2, -0.15) is 0 Å². The number of halogens is 1. The van der Waals surface area contributed by atoms with Gasteiger partial charge in [0, 0.05) is 12.6 Å². The van der Waals surface area contributed by atoms with Gasteiger partial charge in [0.05, 0.1) is 12.7 Å². The first kappa shape index (κ1) is 15.6. The molecule has 0 fully saturated rings. The van der Waals surface area contributed by atoms with E-state index in [1.165, 1.54) is 19.2 Å². The van der Waals surface area contributed by atoms with Crippen LogP contribution in [0.3, 0.4) is 0 Å². The molecule has 0 aromatic heterocycles. The van der Waals surface area contributed by atoms with E-state index in [2.05, 4.69) is 30.8 Å². The average Bonchev–Trinajstić information content (AvgIpc) is 2.38. The highest BCUT2D eigenvalue weighted by Gasteiger charge is 2.13. The van der Waals surface area contributed by atoms with Crippen molar-refractivity contribution >= 4 is 5.97 Å². The maximum absolute atomic E-state index is 13.7. The minimum Gasteiger partial charge on any atom is -0.465 e. The lowest BCUT2D eigenvalue weighted by Crippen LogP contribution is -2.32. The molecule has 0 aliphatic rings. The third kappa shape index (κ3) is 4.31. The summed E-state index contributed by atoms with van der Waals surface area (Å²) in [6.45, 7) is 7.03. The maximum Gasteiger partial charge on any atom is 0.340 e. The lowest BCUT2D eigenvalue weighted by Gasteiger charge is -2.20. The molecule has 19 heavy (non-hydrogen) atoms. The van der Waals surface area contributed by atoms with Crippen molar-refractivity contribution in [3.05, 3.63) is 35.1 Å². The molecule has 1 aromatic rings. The summed E-state index contributed by atoms with van der Waals surface area (Å²) in [4.78, 5) is 11.3. The highest BCUT2D eigenvalue weighted by atomic mass is 19.1. The predicted octanol–water partition coefficient (Wildman–Crippen LogP) is 3.14. The fourth-order valence-corrected chi connectivity index (χ4v) is 2.04. The van der Waals surface area contributed by atoms with E-state index in [4.69, 9.17) is 0 Å². The van der Waals surface area contributed by atoms with Crippen LogP contribution in [0.2, 0.25) is 0 Å². The summed E-state index contributed by atoms with van der Waals surface area (Å²) in [5, 5.41) is 3.39. The van der Waals surface area contributed by atoms with E-state index in [9.17, 15) is 9.18 Å². The molecule has 1 N–H and O–H groups in total. The van der Waals surface area contributed by atoms with Crippen LogP contribution >= 0.6 is 0 Å². The van der Waals surface area contributed by atoms with Crippen LogP contribution in [0.25, 0.3) is 0 Å². The molecule has 3 nitrogen and oxygen atoms in total. The normalized spacial score (nSPS) is 12.5. The second-order valence-electron chi connectivity index (χ2n) is 4.95. The fourth-order valence-electron chi connectivity index (χ4n) is 2.04. The molecule has 0 radical (unpaired) electrons. The van der Waals surface area contributed by atoms with Crippen LogP contribution < -0.4 is 5.32 Å². The number of carbonyl (C=O) groups excluding carboxylic acids is 1. The largest absolute Gasteiger partial charge is 0.465 e. The lowest BCUT2D eigenvalue weighted by molar-refractivity contribution is 0.0595. The van der Waals surface area contributed by atoms with Gasteiger partial charge in [-0.1, -0.05) is 26.8 Å². The van der Waals surface area contributed by atoms with Gasteiger partial charge in [-0.3, -0.25) is 0 Å². The lowest BCUT2D eigenvalue weighted by atomic mass is 10.0. The standard InChI is InChI=1S/C15H22FNO2/c1-5-14(10(2)3)17-9-11-6-7-12(13(16)8-11)15(18)19-4/h6-8,10,14,17H,5,9H2,1-4H3. The van der Waals surface area contributed by atoms with Crippen molar-refractivity contribution in [2.45, 2.75) is 39.8 Å². The molecule has 0 amide bonds. The first-order valence-electron chi connectivity index (χ1n) is 6.59. The van der Waals surface area contributed by atoms with Crippen molar-refractivity contribution in [1.82, 2.24) is 5.32 Å². The first-order valence-corrected chi connectivity index (χ1v) is 6.59. The summed E-state index contributed by atoms with van der Waals surface area (Å²) in [7, 11) is 1.24. The zero-order valence-electron chi connectivity index (χ0n) is 12.0. The minimum atomic E-state index is -0.648. The van der Waals surface area contributed by atoms with Crippen LogP contribution in [-0.2, 0) is 11.3 Å². The van der Waals surface area contributed by atoms with E-state index in [0.717, 1.165) is 12.0 Å². The molecule has 1 atom stereocenters. The first-order chi connectivity index (χ1) is 8.99. The van der Waals surface area contributed by atoms with E-state index < -0.39 is 11.8 Å². The van der Waals surface area contributed by atoms with E-state index in [0.29, 0.717) is 18.5 Å². The molecule has 1 unspecified atom stereocenters. The summed E-state index contributed by atoms with van der Waals surface area (Å²) < 4.78 is 18.2. The molecular weight excluding hydrogens is 245 g/mol. The Balaban J connectivity index is 2.71. The number of ether oxygens (including phenoxy) is 1. The summed E-state index contributed by atoms with van der Waals surface area (Å²) in [6, 6.07) is 5.00. The molecule has 0 aliphatic carbocycles. The third-order valence-corrected chi connectivity index (χ3v) is 3.25. The Labute approximate surface area is 114 Å². The quantitative estimate of drug-likeness (QED) is 0.805. The van der Waals surface area contributed by atoms with Gasteiger partial charge in [0.2, 0.25) is 0 Å². The van der Waals surface area contributed by atoms with Crippen LogP contribution in [0.1, 0.15) is 43.1 Å². The number of rotatable bonds is 6. The molecule has 1 rings (SSSR count). The van der Waals surface area contributed by atoms with Gasteiger partial charge < -0.3 is 10.1 Å². The van der Waals surface area contributed by atoms with Crippen molar-refractivity contribution in [3.63, 3.8) is 0 Å². The number of benzene rings is 1. The SMILES string of the molecule is CCC(NCc1ccc(C(=O)OC)c(F)c1)C(C)C. The summed E-state index contributed by atoms with van der Waals surface area (Å²) in [5.74, 6) is -0.654. The van der Waals surface area contributed by atoms with Crippen LogP contribution in [0.4, 0.5) is 4.39 Å². The third-order valence-electron chi connectivity index (χ3n) is 3.25. The zero-order chi connectivity index (χ0) is 14.4. The summed E-state index contributed by atoms with van der Waals surface area (Å²) in [6.07, 6.45) is 1.03. The van der Waals surface area contributed by atoms with Crippen molar-refractivity contribution in [2.75, 3.05) is 7.11 Å². The van der Waals surface area contributed by atoms with Crippen molar-refractivity contribution in [1.29, 1.82) is 0 Å². The van der Waals surface area contributed by atoms with Crippen LogP contribution in [0.15, 0.2) is 18.2 Å². The number of methoxy groups -OCH3 is 1. The Kier molecular flexibility index (Phi) is 5.96. The molecule has 0 heterocycles. The van der Waals surface area contributed by atoms with Gasteiger partial charge >= 0.3 is 5.97 Å². The smallest absolute Gasteiger partial charge is 0.340 e. The zero-order valence-corrected chi connectivity index (χ0v) is 12.0. The summed E-state index contributed by atoms with van der Waals surface area (Å²) in [5.41, 5.74) is 0.798. The number of nitrogens with one attached hydrogen (secondary N) is 1. The minimum absolute atomic E-state index is 0.0258. The Hall–Kier alpha value is -1.42. The molecular formula is C15H22FNO2.